The maximum atomic E-state index is 3.71. The largest absolute Gasteiger partial charge is 0.0844 e. The number of fused-ring (bicyclic) bond motifs is 1. The van der Waals surface area contributed by atoms with Gasteiger partial charge in [0.25, 0.3) is 0 Å². The van der Waals surface area contributed by atoms with Gasteiger partial charge < -0.3 is 0 Å². The highest BCUT2D eigenvalue weighted by Crippen LogP contribution is 2.48. The number of rotatable bonds is 3. The van der Waals surface area contributed by atoms with Crippen molar-refractivity contribution in [1.29, 1.82) is 0 Å². The van der Waals surface area contributed by atoms with Crippen molar-refractivity contribution in [3.8, 4) is 0 Å². The molecule has 1 atom stereocenters. The van der Waals surface area contributed by atoms with Crippen LogP contribution in [-0.2, 0) is 6.42 Å². The third-order valence-corrected chi connectivity index (χ3v) is 7.76. The summed E-state index contributed by atoms with van der Waals surface area (Å²) >= 11 is 3.71. The monoisotopic (exact) mass is 380 g/mol. The molecule has 0 aromatic heterocycles. The van der Waals surface area contributed by atoms with Gasteiger partial charge in [-0.05, 0) is 60.3 Å². The Hall–Kier alpha value is -1.43. The second-order valence-electron chi connectivity index (χ2n) is 5.84. The van der Waals surface area contributed by atoms with Crippen molar-refractivity contribution in [1.82, 2.24) is 0 Å². The van der Waals surface area contributed by atoms with E-state index < -0.39 is 7.92 Å². The fourth-order valence-electron chi connectivity index (χ4n) is 3.33. The van der Waals surface area contributed by atoms with Gasteiger partial charge in [-0.25, -0.2) is 0 Å². The smallest absolute Gasteiger partial charge is 0.0250 e. The van der Waals surface area contributed by atoms with E-state index in [1.54, 1.807) is 5.31 Å². The van der Waals surface area contributed by atoms with E-state index in [-0.39, 0.29) is 0 Å². The molecule has 0 aliphatic heterocycles. The minimum atomic E-state index is -0.435. The molecule has 0 bridgehead atoms. The molecule has 0 radical (unpaired) electrons. The summed E-state index contributed by atoms with van der Waals surface area (Å²) in [6, 6.07) is 15.6. The summed E-state index contributed by atoms with van der Waals surface area (Å²) in [5.41, 5.74) is 2.88. The summed E-state index contributed by atoms with van der Waals surface area (Å²) in [5.74, 6) is 0. The van der Waals surface area contributed by atoms with E-state index in [2.05, 4.69) is 88.8 Å². The number of hydrogen-bond donors (Lipinski definition) is 0. The normalized spacial score (nSPS) is 17.0. The van der Waals surface area contributed by atoms with Crippen molar-refractivity contribution in [3.63, 3.8) is 0 Å². The van der Waals surface area contributed by atoms with Gasteiger partial charge in [0.05, 0.1) is 0 Å². The molecule has 2 aliphatic rings. The molecule has 0 spiro atoms. The zero-order valence-electron chi connectivity index (χ0n) is 12.9. The van der Waals surface area contributed by atoms with Gasteiger partial charge in [0, 0.05) is 4.47 Å². The molecule has 0 amide bonds. The minimum Gasteiger partial charge on any atom is -0.0844 e. The van der Waals surface area contributed by atoms with E-state index in [0.29, 0.717) is 0 Å². The number of benzene rings is 2. The van der Waals surface area contributed by atoms with Crippen molar-refractivity contribution in [2.24, 2.45) is 0 Å². The topological polar surface area (TPSA) is 0 Å². The van der Waals surface area contributed by atoms with Crippen LogP contribution in [0, 0.1) is 0 Å². The van der Waals surface area contributed by atoms with Crippen molar-refractivity contribution in [3.05, 3.63) is 87.7 Å². The summed E-state index contributed by atoms with van der Waals surface area (Å²) in [4.78, 5) is 0. The zero-order chi connectivity index (χ0) is 15.6. The van der Waals surface area contributed by atoms with Crippen LogP contribution in [0.4, 0.5) is 0 Å². The average molecular weight is 381 g/mol. The Morgan fingerprint density at radius 3 is 2.52 bits per heavy atom. The number of allylic oxidation sites excluding steroid dienone is 5. The molecule has 23 heavy (non-hydrogen) atoms. The van der Waals surface area contributed by atoms with Crippen LogP contribution in [0.2, 0.25) is 0 Å². The molecule has 2 aromatic rings. The van der Waals surface area contributed by atoms with E-state index in [1.165, 1.54) is 26.2 Å². The molecular formula is C21H18BrP. The van der Waals surface area contributed by atoms with Gasteiger partial charge in [-0.1, -0.05) is 82.7 Å². The van der Waals surface area contributed by atoms with E-state index >= 15 is 0 Å². The minimum absolute atomic E-state index is 0.435. The highest BCUT2D eigenvalue weighted by Gasteiger charge is 2.24. The summed E-state index contributed by atoms with van der Waals surface area (Å²) < 4.78 is 1.21. The lowest BCUT2D eigenvalue weighted by Crippen LogP contribution is -2.17. The van der Waals surface area contributed by atoms with Crippen LogP contribution in [0.1, 0.15) is 24.0 Å². The standard InChI is InChI=1S/C21H18BrP/c22-20-14-15-21(19-13-7-12-18(19)20)23(16-8-3-1-4-9-16)17-10-5-2-6-11-17/h1-5,7-9,11-12,14-15H,6,10,13H2. The fourth-order valence-corrected chi connectivity index (χ4v) is 6.50. The first-order chi connectivity index (χ1) is 11.3. The third-order valence-electron chi connectivity index (χ3n) is 4.41. The Kier molecular flexibility index (Phi) is 4.33. The van der Waals surface area contributed by atoms with Crippen LogP contribution in [-0.4, -0.2) is 0 Å². The first-order valence-corrected chi connectivity index (χ1v) is 10.1. The molecule has 2 aromatic carbocycles. The van der Waals surface area contributed by atoms with Gasteiger partial charge in [0.2, 0.25) is 0 Å². The van der Waals surface area contributed by atoms with Crippen LogP contribution in [0.25, 0.3) is 6.08 Å². The Morgan fingerprint density at radius 1 is 0.870 bits per heavy atom. The van der Waals surface area contributed by atoms with Crippen molar-refractivity contribution in [2.75, 3.05) is 0 Å². The average Bonchev–Trinajstić information content (AvgIpc) is 3.10. The van der Waals surface area contributed by atoms with Gasteiger partial charge >= 0.3 is 0 Å². The molecular weight excluding hydrogens is 363 g/mol. The molecule has 4 rings (SSSR count). The summed E-state index contributed by atoms with van der Waals surface area (Å²) in [6.07, 6.45) is 14.8. The molecule has 114 valence electrons. The lowest BCUT2D eigenvalue weighted by molar-refractivity contribution is 1.21. The Labute approximate surface area is 147 Å². The summed E-state index contributed by atoms with van der Waals surface area (Å²) in [7, 11) is -0.435. The van der Waals surface area contributed by atoms with Crippen LogP contribution in [0.15, 0.2) is 76.6 Å². The Bertz CT molecular complexity index is 815. The second kappa shape index (κ2) is 6.59. The molecule has 0 saturated carbocycles. The van der Waals surface area contributed by atoms with Crippen LogP contribution >= 0.6 is 23.9 Å². The zero-order valence-corrected chi connectivity index (χ0v) is 15.4. The SMILES string of the molecule is Brc1ccc(P(C2=CCC=CC2)c2ccccc2)c2c1C=CC2. The number of halogens is 1. The summed E-state index contributed by atoms with van der Waals surface area (Å²) in [6.45, 7) is 0. The molecule has 1 unspecified atom stereocenters. The van der Waals surface area contributed by atoms with Crippen molar-refractivity contribution >= 4 is 40.5 Å². The number of hydrogen-bond acceptors (Lipinski definition) is 0. The summed E-state index contributed by atoms with van der Waals surface area (Å²) in [5, 5.41) is 4.57. The lowest BCUT2D eigenvalue weighted by Gasteiger charge is -2.25. The molecule has 0 heterocycles. The molecule has 0 fully saturated rings. The molecule has 0 nitrogen and oxygen atoms in total. The van der Waals surface area contributed by atoms with Crippen LogP contribution in [0.3, 0.4) is 0 Å². The first-order valence-electron chi connectivity index (χ1n) is 8.02. The predicted molar refractivity (Wildman–Crippen MR) is 106 cm³/mol. The highest BCUT2D eigenvalue weighted by atomic mass is 79.9. The highest BCUT2D eigenvalue weighted by molar-refractivity contribution is 9.10. The maximum Gasteiger partial charge on any atom is 0.0250 e. The fraction of sp³-hybridized carbons (Fsp3) is 0.143. The van der Waals surface area contributed by atoms with Gasteiger partial charge in [-0.2, -0.15) is 0 Å². The van der Waals surface area contributed by atoms with Crippen molar-refractivity contribution < 1.29 is 0 Å². The van der Waals surface area contributed by atoms with E-state index in [4.69, 9.17) is 0 Å². The van der Waals surface area contributed by atoms with Gasteiger partial charge in [-0.15, -0.1) is 0 Å². The molecule has 2 heteroatoms. The molecule has 2 aliphatic carbocycles. The van der Waals surface area contributed by atoms with Gasteiger partial charge in [0.1, 0.15) is 0 Å². The van der Waals surface area contributed by atoms with Crippen molar-refractivity contribution in [2.45, 2.75) is 19.3 Å². The molecule has 0 N–H and O–H groups in total. The van der Waals surface area contributed by atoms with E-state index in [1.807, 2.05) is 0 Å². The van der Waals surface area contributed by atoms with E-state index in [9.17, 15) is 0 Å². The van der Waals surface area contributed by atoms with Gasteiger partial charge in [-0.3, -0.25) is 0 Å². The van der Waals surface area contributed by atoms with Gasteiger partial charge in [0.15, 0.2) is 0 Å². The second-order valence-corrected chi connectivity index (χ2v) is 8.94. The first kappa shape index (κ1) is 15.1. The molecule has 0 saturated heterocycles. The quantitative estimate of drug-likeness (QED) is 0.474. The Balaban J connectivity index is 1.87. The Morgan fingerprint density at radius 2 is 1.74 bits per heavy atom. The third kappa shape index (κ3) is 2.89. The maximum absolute atomic E-state index is 3.71. The lowest BCUT2D eigenvalue weighted by atomic mass is 10.1. The van der Waals surface area contributed by atoms with Crippen LogP contribution in [0.5, 0.6) is 0 Å². The predicted octanol–water partition coefficient (Wildman–Crippen LogP) is 5.69. The van der Waals surface area contributed by atoms with Crippen LogP contribution < -0.4 is 10.6 Å². The van der Waals surface area contributed by atoms with E-state index in [0.717, 1.165) is 19.3 Å².